The number of carbonyl (C=O) groups is 2. The third kappa shape index (κ3) is 3.52. The van der Waals surface area contributed by atoms with Gasteiger partial charge in [0.25, 0.3) is 5.91 Å². The van der Waals surface area contributed by atoms with Gasteiger partial charge in [-0.2, -0.15) is 5.10 Å². The molecule has 7 heteroatoms. The van der Waals surface area contributed by atoms with E-state index in [2.05, 4.69) is 10.3 Å². The van der Waals surface area contributed by atoms with Gasteiger partial charge in [-0.25, -0.2) is 4.79 Å². The number of nitrogens with one attached hydrogen (secondary N) is 1. The number of benzene rings is 1. The number of carbonyl (C=O) groups excluding carboxylic acids is 2. The van der Waals surface area contributed by atoms with Crippen molar-refractivity contribution in [3.63, 3.8) is 0 Å². The molecule has 0 bridgehead atoms. The topological polar surface area (TPSA) is 86.1 Å². The molecule has 0 fully saturated rings. The van der Waals surface area contributed by atoms with Gasteiger partial charge in [0.15, 0.2) is 0 Å². The number of fused-ring (bicyclic) bond motifs is 5. The molecule has 0 spiro atoms. The lowest BCUT2D eigenvalue weighted by atomic mass is 9.89. The molecule has 5 rings (SSSR count). The Morgan fingerprint density at radius 3 is 2.87 bits per heavy atom. The molecule has 3 heterocycles. The number of esters is 1. The van der Waals surface area contributed by atoms with Gasteiger partial charge < -0.3 is 10.1 Å². The lowest BCUT2D eigenvalue weighted by Crippen LogP contribution is -2.36. The number of rotatable bonds is 4. The summed E-state index contributed by atoms with van der Waals surface area (Å²) in [6, 6.07) is 9.30. The Morgan fingerprint density at radius 2 is 2.06 bits per heavy atom. The van der Waals surface area contributed by atoms with Crippen molar-refractivity contribution in [2.75, 3.05) is 13.2 Å². The Kier molecular flexibility index (Phi) is 4.86. The SMILES string of the molecule is CCOC(=O)c1ccc(C=Cc2cc3c(cn2)CCc2c-3nn3c2C(=O)NCC3)cc1. The molecule has 0 atom stereocenters. The third-order valence-electron chi connectivity index (χ3n) is 5.65. The second-order valence-electron chi connectivity index (χ2n) is 7.60. The van der Waals surface area contributed by atoms with Crippen molar-refractivity contribution in [1.29, 1.82) is 0 Å². The van der Waals surface area contributed by atoms with Crippen LogP contribution in [0.4, 0.5) is 0 Å². The van der Waals surface area contributed by atoms with Crippen LogP contribution < -0.4 is 5.32 Å². The molecular weight excluding hydrogens is 392 g/mol. The van der Waals surface area contributed by atoms with Crippen LogP contribution in [0.15, 0.2) is 36.5 Å². The minimum atomic E-state index is -0.318. The molecule has 2 aliphatic rings. The predicted molar refractivity (Wildman–Crippen MR) is 117 cm³/mol. The number of hydrogen-bond donors (Lipinski definition) is 1. The van der Waals surface area contributed by atoms with Crippen LogP contribution in [-0.4, -0.2) is 39.8 Å². The summed E-state index contributed by atoms with van der Waals surface area (Å²) < 4.78 is 6.85. The summed E-state index contributed by atoms with van der Waals surface area (Å²) in [6.07, 6.45) is 7.45. The van der Waals surface area contributed by atoms with Gasteiger partial charge in [0.2, 0.25) is 0 Å². The van der Waals surface area contributed by atoms with Crippen LogP contribution >= 0.6 is 0 Å². The average molecular weight is 414 g/mol. The van der Waals surface area contributed by atoms with Crippen LogP contribution in [0.25, 0.3) is 23.4 Å². The molecule has 1 aliphatic heterocycles. The van der Waals surface area contributed by atoms with Gasteiger partial charge in [-0.1, -0.05) is 18.2 Å². The Labute approximate surface area is 179 Å². The van der Waals surface area contributed by atoms with Crippen molar-refractivity contribution in [2.45, 2.75) is 26.3 Å². The molecule has 2 aromatic heterocycles. The molecule has 156 valence electrons. The molecule has 0 saturated carbocycles. The largest absolute Gasteiger partial charge is 0.462 e. The highest BCUT2D eigenvalue weighted by atomic mass is 16.5. The molecule has 7 nitrogen and oxygen atoms in total. The van der Waals surface area contributed by atoms with Crippen LogP contribution in [0.2, 0.25) is 0 Å². The quantitative estimate of drug-likeness (QED) is 0.663. The van der Waals surface area contributed by atoms with Crippen molar-refractivity contribution in [3.05, 3.63) is 70.2 Å². The van der Waals surface area contributed by atoms with Crippen molar-refractivity contribution in [2.24, 2.45) is 0 Å². The summed E-state index contributed by atoms with van der Waals surface area (Å²) in [5, 5.41) is 7.66. The first kappa shape index (κ1) is 19.2. The summed E-state index contributed by atoms with van der Waals surface area (Å²) in [4.78, 5) is 28.7. The summed E-state index contributed by atoms with van der Waals surface area (Å²) >= 11 is 0. The Hall–Kier alpha value is -3.74. The number of amides is 1. The van der Waals surface area contributed by atoms with E-state index in [9.17, 15) is 9.59 Å². The number of hydrogen-bond acceptors (Lipinski definition) is 5. The van der Waals surface area contributed by atoms with Crippen LogP contribution in [0.3, 0.4) is 0 Å². The highest BCUT2D eigenvalue weighted by molar-refractivity contribution is 5.97. The van der Waals surface area contributed by atoms with E-state index in [1.54, 1.807) is 19.1 Å². The van der Waals surface area contributed by atoms with Crippen LogP contribution in [0, 0.1) is 0 Å². The zero-order valence-electron chi connectivity index (χ0n) is 17.2. The number of aromatic nitrogens is 3. The Balaban J connectivity index is 1.42. The fourth-order valence-electron chi connectivity index (χ4n) is 4.12. The lowest BCUT2D eigenvalue weighted by Gasteiger charge is -2.17. The van der Waals surface area contributed by atoms with E-state index in [0.717, 1.165) is 46.5 Å². The van der Waals surface area contributed by atoms with Gasteiger partial charge in [-0.05, 0) is 55.2 Å². The van der Waals surface area contributed by atoms with E-state index in [1.165, 1.54) is 0 Å². The zero-order valence-corrected chi connectivity index (χ0v) is 17.2. The van der Waals surface area contributed by atoms with Crippen LogP contribution in [0.5, 0.6) is 0 Å². The van der Waals surface area contributed by atoms with Gasteiger partial charge >= 0.3 is 5.97 Å². The zero-order chi connectivity index (χ0) is 21.4. The minimum Gasteiger partial charge on any atom is -0.462 e. The molecule has 0 radical (unpaired) electrons. The number of aryl methyl sites for hydroxylation is 1. The maximum atomic E-state index is 12.3. The first-order chi connectivity index (χ1) is 15.1. The average Bonchev–Trinajstić information content (AvgIpc) is 3.18. The molecule has 3 aromatic rings. The normalized spacial score (nSPS) is 14.5. The van der Waals surface area contributed by atoms with E-state index in [0.29, 0.717) is 31.0 Å². The number of ether oxygens (including phenoxy) is 1. The van der Waals surface area contributed by atoms with E-state index >= 15 is 0 Å². The van der Waals surface area contributed by atoms with E-state index in [4.69, 9.17) is 9.84 Å². The first-order valence-electron chi connectivity index (χ1n) is 10.5. The number of pyridine rings is 1. The maximum absolute atomic E-state index is 12.3. The van der Waals surface area contributed by atoms with E-state index in [1.807, 2.05) is 41.2 Å². The first-order valence-corrected chi connectivity index (χ1v) is 10.5. The third-order valence-corrected chi connectivity index (χ3v) is 5.65. The summed E-state index contributed by atoms with van der Waals surface area (Å²) in [5.74, 6) is -0.356. The molecule has 1 amide bonds. The molecular formula is C24H22N4O3. The summed E-state index contributed by atoms with van der Waals surface area (Å²) in [5.41, 5.74) is 7.12. The minimum absolute atomic E-state index is 0.0381. The van der Waals surface area contributed by atoms with Crippen molar-refractivity contribution in [3.8, 4) is 11.3 Å². The molecule has 0 saturated heterocycles. The van der Waals surface area contributed by atoms with Gasteiger partial charge in [0, 0.05) is 23.9 Å². The van der Waals surface area contributed by atoms with Gasteiger partial charge in [0.05, 0.1) is 30.1 Å². The van der Waals surface area contributed by atoms with Crippen LogP contribution in [-0.2, 0) is 24.1 Å². The fourth-order valence-corrected chi connectivity index (χ4v) is 4.12. The Bertz CT molecular complexity index is 1210. The van der Waals surface area contributed by atoms with Gasteiger partial charge in [-0.3, -0.25) is 14.5 Å². The summed E-state index contributed by atoms with van der Waals surface area (Å²) in [7, 11) is 0. The van der Waals surface area contributed by atoms with Gasteiger partial charge in [-0.15, -0.1) is 0 Å². The maximum Gasteiger partial charge on any atom is 0.338 e. The van der Waals surface area contributed by atoms with Crippen LogP contribution in [0.1, 0.15) is 50.2 Å². The van der Waals surface area contributed by atoms with Crippen molar-refractivity contribution in [1.82, 2.24) is 20.1 Å². The van der Waals surface area contributed by atoms with Crippen molar-refractivity contribution < 1.29 is 14.3 Å². The molecule has 0 unspecified atom stereocenters. The van der Waals surface area contributed by atoms with E-state index in [-0.39, 0.29) is 11.9 Å². The second-order valence-corrected chi connectivity index (χ2v) is 7.60. The second kappa shape index (κ2) is 7.83. The fraction of sp³-hybridized carbons (Fsp3) is 0.250. The highest BCUT2D eigenvalue weighted by Crippen LogP contribution is 2.35. The molecule has 1 N–H and O–H groups in total. The molecule has 1 aromatic carbocycles. The monoisotopic (exact) mass is 414 g/mol. The van der Waals surface area contributed by atoms with Crippen molar-refractivity contribution >= 4 is 24.0 Å². The molecule has 1 aliphatic carbocycles. The Morgan fingerprint density at radius 1 is 1.23 bits per heavy atom. The summed E-state index contributed by atoms with van der Waals surface area (Å²) in [6.45, 7) is 3.45. The highest BCUT2D eigenvalue weighted by Gasteiger charge is 2.30. The van der Waals surface area contributed by atoms with E-state index < -0.39 is 0 Å². The van der Waals surface area contributed by atoms with Gasteiger partial charge in [0.1, 0.15) is 5.69 Å². The number of nitrogens with zero attached hydrogens (tertiary/aromatic N) is 3. The molecule has 31 heavy (non-hydrogen) atoms. The predicted octanol–water partition coefficient (Wildman–Crippen LogP) is 3.13. The smallest absolute Gasteiger partial charge is 0.338 e. The standard InChI is InChI=1S/C24H22N4O3/c1-2-31-24(30)16-6-3-15(4-7-16)5-9-18-13-20-17(14-26-18)8-10-19-21(20)27-28-12-11-25-23(29)22(19)28/h3-7,9,13-14H,2,8,10-12H2,1H3,(H,25,29). The lowest BCUT2D eigenvalue weighted by molar-refractivity contribution is 0.0526.